The van der Waals surface area contributed by atoms with E-state index in [0.717, 1.165) is 24.2 Å². The summed E-state index contributed by atoms with van der Waals surface area (Å²) in [6.07, 6.45) is 1.86. The van der Waals surface area contributed by atoms with Crippen molar-refractivity contribution in [3.63, 3.8) is 0 Å². The van der Waals surface area contributed by atoms with Gasteiger partial charge in [0.1, 0.15) is 5.82 Å². The smallest absolute Gasteiger partial charge is 0.132 e. The van der Waals surface area contributed by atoms with E-state index in [4.69, 9.17) is 10.7 Å². The molecular formula is C15H21N3. The van der Waals surface area contributed by atoms with Crippen molar-refractivity contribution in [1.29, 1.82) is 0 Å². The van der Waals surface area contributed by atoms with Gasteiger partial charge >= 0.3 is 0 Å². The molecule has 1 aromatic carbocycles. The number of benzene rings is 1. The minimum Gasteiger partial charge on any atom is -0.362 e. The van der Waals surface area contributed by atoms with E-state index in [1.165, 1.54) is 10.9 Å². The van der Waals surface area contributed by atoms with Gasteiger partial charge in [0, 0.05) is 25.5 Å². The molecule has 1 aromatic heterocycles. The highest BCUT2D eigenvalue weighted by Gasteiger charge is 2.11. The molecular weight excluding hydrogens is 222 g/mol. The fraction of sp³-hybridized carbons (Fsp3) is 0.400. The first kappa shape index (κ1) is 12.8. The van der Waals surface area contributed by atoms with Crippen LogP contribution in [0.3, 0.4) is 0 Å². The van der Waals surface area contributed by atoms with Crippen LogP contribution in [0.2, 0.25) is 0 Å². The summed E-state index contributed by atoms with van der Waals surface area (Å²) < 4.78 is 0. The predicted molar refractivity (Wildman–Crippen MR) is 78.0 cm³/mol. The Labute approximate surface area is 109 Å². The van der Waals surface area contributed by atoms with Crippen LogP contribution in [0.4, 0.5) is 5.82 Å². The zero-order valence-corrected chi connectivity index (χ0v) is 11.4. The molecule has 0 spiro atoms. The third-order valence-corrected chi connectivity index (χ3v) is 3.21. The second-order valence-corrected chi connectivity index (χ2v) is 4.93. The van der Waals surface area contributed by atoms with E-state index < -0.39 is 0 Å². The van der Waals surface area contributed by atoms with Crippen molar-refractivity contribution in [2.24, 2.45) is 5.73 Å². The molecule has 0 amide bonds. The van der Waals surface area contributed by atoms with E-state index >= 15 is 0 Å². The minimum atomic E-state index is 0.201. The summed E-state index contributed by atoms with van der Waals surface area (Å²) >= 11 is 0. The molecule has 3 heteroatoms. The number of aromatic nitrogens is 1. The van der Waals surface area contributed by atoms with Crippen LogP contribution in [0.1, 0.15) is 18.9 Å². The topological polar surface area (TPSA) is 42.1 Å². The fourth-order valence-corrected chi connectivity index (χ4v) is 2.11. The molecule has 1 unspecified atom stereocenters. The molecule has 0 saturated carbocycles. The maximum atomic E-state index is 6.07. The molecule has 2 rings (SSSR count). The molecule has 0 aliphatic rings. The highest BCUT2D eigenvalue weighted by Crippen LogP contribution is 2.23. The fourth-order valence-electron chi connectivity index (χ4n) is 2.11. The van der Waals surface area contributed by atoms with Crippen LogP contribution in [-0.4, -0.2) is 25.1 Å². The highest BCUT2D eigenvalue weighted by atomic mass is 15.1. The number of nitrogens with zero attached hydrogens (tertiary/aromatic N) is 2. The Morgan fingerprint density at radius 2 is 2.00 bits per heavy atom. The number of hydrogen-bond donors (Lipinski definition) is 1. The van der Waals surface area contributed by atoms with Gasteiger partial charge in [-0.3, -0.25) is 0 Å². The van der Waals surface area contributed by atoms with Gasteiger partial charge in [-0.1, -0.05) is 25.1 Å². The van der Waals surface area contributed by atoms with Gasteiger partial charge in [-0.25, -0.2) is 4.98 Å². The van der Waals surface area contributed by atoms with Crippen molar-refractivity contribution in [1.82, 2.24) is 4.98 Å². The number of fused-ring (bicyclic) bond motifs is 1. The lowest BCUT2D eigenvalue weighted by molar-refractivity contribution is 0.645. The molecule has 0 aliphatic carbocycles. The van der Waals surface area contributed by atoms with Gasteiger partial charge in [-0.2, -0.15) is 0 Å². The van der Waals surface area contributed by atoms with Gasteiger partial charge in [0.05, 0.1) is 5.52 Å². The van der Waals surface area contributed by atoms with Gasteiger partial charge in [-0.05, 0) is 30.5 Å². The highest BCUT2D eigenvalue weighted by molar-refractivity contribution is 5.81. The molecule has 1 atom stereocenters. The van der Waals surface area contributed by atoms with E-state index in [9.17, 15) is 0 Å². The predicted octanol–water partition coefficient (Wildman–Crippen LogP) is 2.58. The lowest BCUT2D eigenvalue weighted by atomic mass is 10.0. The molecule has 2 N–H and O–H groups in total. The first-order valence-corrected chi connectivity index (χ1v) is 6.43. The lowest BCUT2D eigenvalue weighted by Crippen LogP contribution is -2.23. The van der Waals surface area contributed by atoms with E-state index in [2.05, 4.69) is 24.0 Å². The molecule has 0 aliphatic heterocycles. The van der Waals surface area contributed by atoms with Crippen LogP contribution in [-0.2, 0) is 6.42 Å². The lowest BCUT2D eigenvalue weighted by Gasteiger charge is -2.19. The van der Waals surface area contributed by atoms with Crippen LogP contribution in [0, 0.1) is 0 Å². The Morgan fingerprint density at radius 3 is 2.67 bits per heavy atom. The van der Waals surface area contributed by atoms with Crippen LogP contribution in [0.25, 0.3) is 10.9 Å². The Morgan fingerprint density at radius 1 is 1.28 bits per heavy atom. The number of anilines is 1. The minimum absolute atomic E-state index is 0.201. The molecule has 1 heterocycles. The Bertz CT molecular complexity index is 534. The van der Waals surface area contributed by atoms with Crippen LogP contribution in [0.5, 0.6) is 0 Å². The van der Waals surface area contributed by atoms with Gasteiger partial charge < -0.3 is 10.6 Å². The summed E-state index contributed by atoms with van der Waals surface area (Å²) in [6.45, 7) is 2.12. The summed E-state index contributed by atoms with van der Waals surface area (Å²) in [5.41, 5.74) is 8.34. The number of hydrogen-bond acceptors (Lipinski definition) is 3. The maximum absolute atomic E-state index is 6.07. The second-order valence-electron chi connectivity index (χ2n) is 4.93. The van der Waals surface area contributed by atoms with Crippen LogP contribution < -0.4 is 10.6 Å². The Hall–Kier alpha value is -1.61. The van der Waals surface area contributed by atoms with Crippen LogP contribution in [0.15, 0.2) is 30.3 Å². The molecule has 2 aromatic rings. The summed E-state index contributed by atoms with van der Waals surface area (Å²) in [5.74, 6) is 1.03. The average Bonchev–Trinajstić information content (AvgIpc) is 2.37. The molecule has 0 saturated heterocycles. The van der Waals surface area contributed by atoms with E-state index in [-0.39, 0.29) is 6.04 Å². The second kappa shape index (κ2) is 5.36. The first-order valence-electron chi connectivity index (χ1n) is 6.43. The van der Waals surface area contributed by atoms with E-state index in [0.29, 0.717) is 0 Å². The average molecular weight is 243 g/mol. The maximum Gasteiger partial charge on any atom is 0.132 e. The zero-order chi connectivity index (χ0) is 13.1. The molecule has 0 radical (unpaired) electrons. The van der Waals surface area contributed by atoms with Crippen molar-refractivity contribution in [2.45, 2.75) is 25.8 Å². The van der Waals surface area contributed by atoms with Gasteiger partial charge in [0.25, 0.3) is 0 Å². The number of para-hydroxylation sites is 1. The summed E-state index contributed by atoms with van der Waals surface area (Å²) in [5, 5.41) is 1.18. The number of rotatable bonds is 4. The SMILES string of the molecule is CCC(N)Cc1cc2ccccc2nc1N(C)C. The standard InChI is InChI=1S/C15H21N3/c1-4-13(16)10-12-9-11-7-5-6-8-14(11)17-15(12)18(2)3/h5-9,13H,4,10,16H2,1-3H3. The summed E-state index contributed by atoms with van der Waals surface area (Å²) in [7, 11) is 4.05. The van der Waals surface area contributed by atoms with Crippen molar-refractivity contribution in [2.75, 3.05) is 19.0 Å². The van der Waals surface area contributed by atoms with Crippen molar-refractivity contribution in [3.8, 4) is 0 Å². The van der Waals surface area contributed by atoms with Crippen LogP contribution >= 0.6 is 0 Å². The largest absolute Gasteiger partial charge is 0.362 e. The molecule has 18 heavy (non-hydrogen) atoms. The number of nitrogens with two attached hydrogens (primary N) is 1. The normalized spacial score (nSPS) is 12.7. The van der Waals surface area contributed by atoms with E-state index in [1.807, 2.05) is 32.3 Å². The van der Waals surface area contributed by atoms with Gasteiger partial charge in [-0.15, -0.1) is 0 Å². The van der Waals surface area contributed by atoms with Gasteiger partial charge in [0.2, 0.25) is 0 Å². The van der Waals surface area contributed by atoms with Gasteiger partial charge in [0.15, 0.2) is 0 Å². The third kappa shape index (κ3) is 2.62. The quantitative estimate of drug-likeness (QED) is 0.897. The monoisotopic (exact) mass is 243 g/mol. The summed E-state index contributed by atoms with van der Waals surface area (Å²) in [6, 6.07) is 10.6. The Balaban J connectivity index is 2.50. The molecule has 0 bridgehead atoms. The van der Waals surface area contributed by atoms with Crippen molar-refractivity contribution >= 4 is 16.7 Å². The number of pyridine rings is 1. The van der Waals surface area contributed by atoms with Crippen molar-refractivity contribution < 1.29 is 0 Å². The molecule has 96 valence electrons. The molecule has 0 fully saturated rings. The molecule has 3 nitrogen and oxygen atoms in total. The van der Waals surface area contributed by atoms with Crippen molar-refractivity contribution in [3.05, 3.63) is 35.9 Å². The zero-order valence-electron chi connectivity index (χ0n) is 11.4. The third-order valence-electron chi connectivity index (χ3n) is 3.21. The van der Waals surface area contributed by atoms with E-state index in [1.54, 1.807) is 0 Å². The first-order chi connectivity index (χ1) is 8.61. The Kier molecular flexibility index (Phi) is 3.82. The summed E-state index contributed by atoms with van der Waals surface area (Å²) in [4.78, 5) is 6.79.